The van der Waals surface area contributed by atoms with Gasteiger partial charge in [0.15, 0.2) is 0 Å². The Hall–Kier alpha value is -1.11. The molecule has 0 saturated carbocycles. The molecule has 134 valence electrons. The number of piperidine rings is 1. The van der Waals surface area contributed by atoms with E-state index in [9.17, 15) is 4.79 Å². The third kappa shape index (κ3) is 3.46. The molecule has 0 bridgehead atoms. The topological polar surface area (TPSA) is 48.0 Å². The molecule has 0 N–H and O–H groups in total. The van der Waals surface area contributed by atoms with Crippen LogP contribution in [0.15, 0.2) is 11.4 Å². The van der Waals surface area contributed by atoms with E-state index in [-0.39, 0.29) is 17.4 Å². The first kappa shape index (κ1) is 17.7. The molecule has 0 unspecified atom stereocenters. The van der Waals surface area contributed by atoms with Crippen LogP contribution in [0.4, 0.5) is 0 Å². The van der Waals surface area contributed by atoms with E-state index < -0.39 is 0 Å². The molecule has 2 aliphatic rings. The lowest BCUT2D eigenvalue weighted by molar-refractivity contribution is -0.145. The monoisotopic (exact) mass is 353 g/mol. The lowest BCUT2D eigenvalue weighted by Crippen LogP contribution is -2.58. The van der Waals surface area contributed by atoms with Crippen LogP contribution >= 0.6 is 11.3 Å². The van der Waals surface area contributed by atoms with Crippen molar-refractivity contribution in [2.45, 2.75) is 39.2 Å². The van der Waals surface area contributed by atoms with Crippen molar-refractivity contribution in [1.29, 1.82) is 0 Å². The Morgan fingerprint density at radius 2 is 2.33 bits per heavy atom. The standard InChI is InChI=1S/C18H27NO4S/c1-3-21-13-18-8-5-10-23-15(18)6-9-19(12-18)17(20)16-14(22-4-2)7-11-24-16/h7,11,15H,3-6,8-10,12-13H2,1-2H3/t15-,18+/m0/s1. The van der Waals surface area contributed by atoms with Crippen LogP contribution in [0.3, 0.4) is 0 Å². The molecule has 2 atom stereocenters. The van der Waals surface area contributed by atoms with Gasteiger partial charge in [-0.05, 0) is 44.6 Å². The number of likely N-dealkylation sites (tertiary alicyclic amines) is 1. The molecule has 1 amide bonds. The predicted octanol–water partition coefficient (Wildman–Crippen LogP) is 3.19. The molecular weight excluding hydrogens is 326 g/mol. The number of fused-ring (bicyclic) bond motifs is 1. The molecule has 2 saturated heterocycles. The first-order valence-electron chi connectivity index (χ1n) is 8.89. The third-order valence-corrected chi connectivity index (χ3v) is 5.88. The van der Waals surface area contributed by atoms with Gasteiger partial charge in [0.05, 0.1) is 19.3 Å². The largest absolute Gasteiger partial charge is 0.492 e. The van der Waals surface area contributed by atoms with Crippen LogP contribution in [-0.4, -0.2) is 56.4 Å². The van der Waals surface area contributed by atoms with Crippen LogP contribution in [-0.2, 0) is 9.47 Å². The summed E-state index contributed by atoms with van der Waals surface area (Å²) in [6.07, 6.45) is 3.18. The molecule has 0 spiro atoms. The van der Waals surface area contributed by atoms with Crippen LogP contribution < -0.4 is 4.74 Å². The van der Waals surface area contributed by atoms with E-state index in [1.807, 2.05) is 30.2 Å². The number of carbonyl (C=O) groups excluding carboxylic acids is 1. The molecule has 2 aliphatic heterocycles. The van der Waals surface area contributed by atoms with Crippen LogP contribution in [0, 0.1) is 5.41 Å². The smallest absolute Gasteiger partial charge is 0.267 e. The number of nitrogens with zero attached hydrogens (tertiary/aromatic N) is 1. The summed E-state index contributed by atoms with van der Waals surface area (Å²) >= 11 is 1.46. The van der Waals surface area contributed by atoms with Gasteiger partial charge in [-0.25, -0.2) is 0 Å². The van der Waals surface area contributed by atoms with E-state index in [4.69, 9.17) is 14.2 Å². The highest BCUT2D eigenvalue weighted by atomic mass is 32.1. The average molecular weight is 353 g/mol. The summed E-state index contributed by atoms with van der Waals surface area (Å²) in [7, 11) is 0. The summed E-state index contributed by atoms with van der Waals surface area (Å²) in [4.78, 5) is 15.7. The molecule has 6 heteroatoms. The van der Waals surface area contributed by atoms with E-state index in [1.165, 1.54) is 11.3 Å². The van der Waals surface area contributed by atoms with Gasteiger partial charge in [-0.15, -0.1) is 11.3 Å². The van der Waals surface area contributed by atoms with Gasteiger partial charge in [0.2, 0.25) is 0 Å². The molecule has 24 heavy (non-hydrogen) atoms. The SMILES string of the molecule is CCOC[C@]12CCCO[C@H]1CCN(C(=O)c1sccc1OCC)C2. The molecular formula is C18H27NO4S. The van der Waals surface area contributed by atoms with Crippen LogP contribution in [0.2, 0.25) is 0 Å². The van der Waals surface area contributed by atoms with Gasteiger partial charge in [0, 0.05) is 31.7 Å². The summed E-state index contributed by atoms with van der Waals surface area (Å²) < 4.78 is 17.4. The molecule has 0 aliphatic carbocycles. The Morgan fingerprint density at radius 1 is 1.46 bits per heavy atom. The Morgan fingerprint density at radius 3 is 3.12 bits per heavy atom. The zero-order valence-corrected chi connectivity index (χ0v) is 15.4. The van der Waals surface area contributed by atoms with E-state index in [1.54, 1.807) is 0 Å². The number of amides is 1. The average Bonchev–Trinajstić information content (AvgIpc) is 3.07. The number of thiophene rings is 1. The van der Waals surface area contributed by atoms with E-state index in [2.05, 4.69) is 0 Å². The summed E-state index contributed by atoms with van der Waals surface area (Å²) in [5, 5.41) is 1.92. The minimum Gasteiger partial charge on any atom is -0.492 e. The summed E-state index contributed by atoms with van der Waals surface area (Å²) in [6, 6.07) is 1.88. The minimum absolute atomic E-state index is 0.0643. The van der Waals surface area contributed by atoms with Gasteiger partial charge < -0.3 is 19.1 Å². The van der Waals surface area contributed by atoms with Gasteiger partial charge in [-0.2, -0.15) is 0 Å². The maximum Gasteiger partial charge on any atom is 0.267 e. The summed E-state index contributed by atoms with van der Waals surface area (Å²) in [6.45, 7) is 8.16. The first-order chi connectivity index (χ1) is 11.7. The van der Waals surface area contributed by atoms with Crippen molar-refractivity contribution < 1.29 is 19.0 Å². The van der Waals surface area contributed by atoms with Crippen molar-refractivity contribution in [3.63, 3.8) is 0 Å². The van der Waals surface area contributed by atoms with Crippen molar-refractivity contribution in [3.8, 4) is 5.75 Å². The number of ether oxygens (including phenoxy) is 3. The molecule has 0 radical (unpaired) electrons. The summed E-state index contributed by atoms with van der Waals surface area (Å²) in [5.41, 5.74) is -0.0643. The molecule has 5 nitrogen and oxygen atoms in total. The van der Waals surface area contributed by atoms with Crippen LogP contribution in [0.5, 0.6) is 5.75 Å². The number of carbonyl (C=O) groups is 1. The molecule has 3 heterocycles. The molecule has 2 fully saturated rings. The van der Waals surface area contributed by atoms with Gasteiger partial charge in [0.1, 0.15) is 10.6 Å². The van der Waals surface area contributed by atoms with Crippen molar-refractivity contribution in [2.75, 3.05) is 39.5 Å². The number of rotatable bonds is 6. The Kier molecular flexibility index (Phi) is 5.79. The first-order valence-corrected chi connectivity index (χ1v) is 9.77. The van der Waals surface area contributed by atoms with E-state index in [0.717, 1.165) is 32.4 Å². The van der Waals surface area contributed by atoms with Gasteiger partial charge >= 0.3 is 0 Å². The van der Waals surface area contributed by atoms with Gasteiger partial charge in [-0.3, -0.25) is 4.79 Å². The van der Waals surface area contributed by atoms with Crippen molar-refractivity contribution >= 4 is 17.2 Å². The predicted molar refractivity (Wildman–Crippen MR) is 93.9 cm³/mol. The molecule has 1 aromatic heterocycles. The van der Waals surface area contributed by atoms with Crippen molar-refractivity contribution in [2.24, 2.45) is 5.41 Å². The van der Waals surface area contributed by atoms with E-state index in [0.29, 0.717) is 37.0 Å². The zero-order chi connectivity index (χ0) is 17.0. The lowest BCUT2D eigenvalue weighted by Gasteiger charge is -2.50. The molecule has 0 aromatic carbocycles. The second-order valence-corrected chi connectivity index (χ2v) is 7.44. The maximum absolute atomic E-state index is 13.0. The quantitative estimate of drug-likeness (QED) is 0.788. The fourth-order valence-corrected chi connectivity index (χ4v) is 4.65. The Bertz CT molecular complexity index is 561. The third-order valence-electron chi connectivity index (χ3n) is 4.99. The molecule has 3 rings (SSSR count). The second kappa shape index (κ2) is 7.85. The highest BCUT2D eigenvalue weighted by molar-refractivity contribution is 7.12. The Balaban J connectivity index is 1.77. The van der Waals surface area contributed by atoms with Crippen LogP contribution in [0.1, 0.15) is 42.8 Å². The highest BCUT2D eigenvalue weighted by Crippen LogP contribution is 2.41. The number of hydrogen-bond donors (Lipinski definition) is 0. The maximum atomic E-state index is 13.0. The number of hydrogen-bond acceptors (Lipinski definition) is 5. The normalized spacial score (nSPS) is 26.9. The van der Waals surface area contributed by atoms with Gasteiger partial charge in [0.25, 0.3) is 5.91 Å². The minimum atomic E-state index is -0.0643. The zero-order valence-electron chi connectivity index (χ0n) is 14.6. The second-order valence-electron chi connectivity index (χ2n) is 6.52. The van der Waals surface area contributed by atoms with Crippen molar-refractivity contribution in [1.82, 2.24) is 4.90 Å². The van der Waals surface area contributed by atoms with Crippen molar-refractivity contribution in [3.05, 3.63) is 16.3 Å². The fraction of sp³-hybridized carbons (Fsp3) is 0.722. The van der Waals surface area contributed by atoms with Gasteiger partial charge in [-0.1, -0.05) is 0 Å². The lowest BCUT2D eigenvalue weighted by atomic mass is 9.73. The highest BCUT2D eigenvalue weighted by Gasteiger charge is 2.47. The molecule has 1 aromatic rings. The van der Waals surface area contributed by atoms with E-state index >= 15 is 0 Å². The Labute approximate surface area is 147 Å². The fourth-order valence-electron chi connectivity index (χ4n) is 3.85. The van der Waals surface area contributed by atoms with Crippen LogP contribution in [0.25, 0.3) is 0 Å². The summed E-state index contributed by atoms with van der Waals surface area (Å²) in [5.74, 6) is 0.779.